The van der Waals surface area contributed by atoms with Crippen molar-refractivity contribution in [2.24, 2.45) is 11.0 Å². The van der Waals surface area contributed by atoms with E-state index < -0.39 is 19.1 Å². The van der Waals surface area contributed by atoms with E-state index in [9.17, 15) is 27.2 Å². The maximum absolute atomic E-state index is 12.4. The van der Waals surface area contributed by atoms with Gasteiger partial charge in [0.25, 0.3) is 0 Å². The van der Waals surface area contributed by atoms with E-state index >= 15 is 0 Å². The Morgan fingerprint density at radius 3 is 2.20 bits per heavy atom. The summed E-state index contributed by atoms with van der Waals surface area (Å²) in [7, 11) is 0. The van der Waals surface area contributed by atoms with Gasteiger partial charge >= 0.3 is 13.2 Å². The van der Waals surface area contributed by atoms with E-state index in [0.717, 1.165) is 43.1 Å². The molecule has 0 radical (unpaired) electrons. The topological polar surface area (TPSA) is 153 Å². The summed E-state index contributed by atoms with van der Waals surface area (Å²) in [6.07, 6.45) is 7.22. The molecule has 0 bridgehead atoms. The Kier molecular flexibility index (Phi) is 11.8. The molecule has 0 aromatic carbocycles. The van der Waals surface area contributed by atoms with Crippen LogP contribution in [0.5, 0.6) is 11.5 Å². The minimum absolute atomic E-state index is 0.00611. The monoisotopic (exact) mass is 654 g/mol. The van der Waals surface area contributed by atoms with Crippen LogP contribution in [0.2, 0.25) is 0 Å². The van der Waals surface area contributed by atoms with Gasteiger partial charge in [0.1, 0.15) is 16.5 Å². The molecule has 12 nitrogen and oxygen atoms in total. The summed E-state index contributed by atoms with van der Waals surface area (Å²) < 4.78 is 57.5. The molecule has 1 saturated carbocycles. The Labute approximate surface area is 257 Å². The van der Waals surface area contributed by atoms with E-state index in [1.54, 1.807) is 6.21 Å². The summed E-state index contributed by atoms with van der Waals surface area (Å²) in [5.41, 5.74) is 3.34. The summed E-state index contributed by atoms with van der Waals surface area (Å²) in [6, 6.07) is 5.43. The number of hydrazone groups is 1. The van der Waals surface area contributed by atoms with Crippen molar-refractivity contribution in [2.75, 3.05) is 5.32 Å². The zero-order chi connectivity index (χ0) is 31.5. The van der Waals surface area contributed by atoms with Crippen LogP contribution >= 0.6 is 23.6 Å². The summed E-state index contributed by atoms with van der Waals surface area (Å²) in [6.45, 7) is -5.92. The largest absolute Gasteiger partial charge is 0.433 e. The first-order valence-electron chi connectivity index (χ1n) is 13.2. The van der Waals surface area contributed by atoms with Gasteiger partial charge in [-0.25, -0.2) is 0 Å². The number of carbonyl (C=O) groups excluding carboxylic acids is 2. The maximum Gasteiger partial charge on any atom is 0.387 e. The number of carbonyl (C=O) groups is 2. The van der Waals surface area contributed by atoms with Gasteiger partial charge in [0.2, 0.25) is 16.9 Å². The number of pyridine rings is 2. The van der Waals surface area contributed by atoms with Gasteiger partial charge in [-0.05, 0) is 61.7 Å². The smallest absolute Gasteiger partial charge is 0.387 e. The lowest BCUT2D eigenvalue weighted by atomic mass is 9.82. The third-order valence-electron chi connectivity index (χ3n) is 6.18. The fraction of sp³-hybridized carbons (Fsp3) is 0.385. The molecule has 3 aromatic heterocycles. The molecule has 3 aromatic rings. The van der Waals surface area contributed by atoms with Crippen molar-refractivity contribution in [3.63, 3.8) is 0 Å². The van der Waals surface area contributed by atoms with E-state index in [2.05, 4.69) is 50.8 Å². The van der Waals surface area contributed by atoms with Crippen LogP contribution in [0, 0.1) is 5.92 Å². The molecule has 4 rings (SSSR count). The van der Waals surface area contributed by atoms with E-state index in [1.807, 2.05) is 0 Å². The standard InChI is InChI=1S/C26H26F4N8O4S2/c27-23(28)41-18-6-4-16(31-12-18)9-20(39)34-25(43)37-33-11-14-2-1-3-15(8-14)22-36-38-26(44-22)35-21(40)10-17-5-7-19(13-32-17)42-24(29)30/h4-7,11-15,23-24H,1-3,8-10H2,(H,35,38,40)(H2,34,37,39,43)/b33-11-. The quantitative estimate of drug-likeness (QED) is 0.112. The molecule has 0 aliphatic heterocycles. The number of hydrogen-bond acceptors (Lipinski definition) is 11. The van der Waals surface area contributed by atoms with Gasteiger partial charge in [-0.1, -0.05) is 17.8 Å². The van der Waals surface area contributed by atoms with Crippen molar-refractivity contribution < 1.29 is 36.6 Å². The number of thiocarbonyl (C=S) groups is 1. The Morgan fingerprint density at radius 1 is 0.977 bits per heavy atom. The van der Waals surface area contributed by atoms with Gasteiger partial charge in [0, 0.05) is 23.5 Å². The molecular weight excluding hydrogens is 628 g/mol. The van der Waals surface area contributed by atoms with Crippen LogP contribution in [0.4, 0.5) is 22.7 Å². The van der Waals surface area contributed by atoms with Gasteiger partial charge < -0.3 is 20.1 Å². The van der Waals surface area contributed by atoms with Crippen LogP contribution in [0.3, 0.4) is 0 Å². The number of amides is 2. The van der Waals surface area contributed by atoms with Gasteiger partial charge in [-0.2, -0.15) is 22.7 Å². The number of nitrogens with one attached hydrogen (secondary N) is 3. The Hall–Kier alpha value is -4.32. The third-order valence-corrected chi connectivity index (χ3v) is 7.38. The van der Waals surface area contributed by atoms with Crippen molar-refractivity contribution in [1.82, 2.24) is 30.9 Å². The van der Waals surface area contributed by atoms with E-state index in [4.69, 9.17) is 12.2 Å². The molecule has 1 aliphatic carbocycles. The van der Waals surface area contributed by atoms with Crippen molar-refractivity contribution in [3.05, 3.63) is 53.1 Å². The summed E-state index contributed by atoms with van der Waals surface area (Å²) >= 11 is 6.39. The van der Waals surface area contributed by atoms with Gasteiger partial charge in [-0.3, -0.25) is 25.0 Å². The van der Waals surface area contributed by atoms with E-state index in [-0.39, 0.29) is 47.2 Å². The molecule has 18 heteroatoms. The molecule has 44 heavy (non-hydrogen) atoms. The molecule has 3 heterocycles. The Balaban J connectivity index is 1.19. The lowest BCUT2D eigenvalue weighted by molar-refractivity contribution is -0.119. The number of anilines is 1. The van der Waals surface area contributed by atoms with Gasteiger partial charge in [-0.15, -0.1) is 10.2 Å². The first-order chi connectivity index (χ1) is 21.1. The SMILES string of the molecule is O=C(Cc1ccc(OC(F)F)cn1)NC(=S)N/N=C\C1CCCC(c2nnc(NC(=O)Cc3ccc(OC(F)F)cn3)s2)C1. The second-order valence-electron chi connectivity index (χ2n) is 9.47. The second kappa shape index (κ2) is 15.9. The average Bonchev–Trinajstić information content (AvgIpc) is 3.43. The van der Waals surface area contributed by atoms with Crippen molar-refractivity contribution in [3.8, 4) is 11.5 Å². The average molecular weight is 655 g/mol. The minimum atomic E-state index is -2.96. The molecule has 3 N–H and O–H groups in total. The number of halogens is 4. The number of rotatable bonds is 12. The summed E-state index contributed by atoms with van der Waals surface area (Å²) in [5, 5.41) is 18.7. The molecule has 2 atom stereocenters. The number of aromatic nitrogens is 4. The summed E-state index contributed by atoms with van der Waals surface area (Å²) in [5.74, 6) is -0.816. The van der Waals surface area contributed by atoms with Gasteiger partial charge in [0.15, 0.2) is 5.11 Å². The molecule has 2 unspecified atom stereocenters. The highest BCUT2D eigenvalue weighted by molar-refractivity contribution is 7.80. The van der Waals surface area contributed by atoms with Crippen LogP contribution in [-0.4, -0.2) is 56.5 Å². The normalized spacial score (nSPS) is 16.6. The highest BCUT2D eigenvalue weighted by Crippen LogP contribution is 2.37. The Morgan fingerprint density at radius 2 is 1.61 bits per heavy atom. The first-order valence-corrected chi connectivity index (χ1v) is 14.4. The summed E-state index contributed by atoms with van der Waals surface area (Å²) in [4.78, 5) is 32.5. The fourth-order valence-corrected chi connectivity index (χ4v) is 5.38. The van der Waals surface area contributed by atoms with Crippen molar-refractivity contribution in [1.29, 1.82) is 0 Å². The fourth-order valence-electron chi connectivity index (χ4n) is 4.31. The minimum Gasteiger partial charge on any atom is -0.433 e. The highest BCUT2D eigenvalue weighted by atomic mass is 32.1. The van der Waals surface area contributed by atoms with Crippen molar-refractivity contribution >= 4 is 51.8 Å². The second-order valence-corrected chi connectivity index (χ2v) is 10.9. The van der Waals surface area contributed by atoms with Crippen LogP contribution in [0.1, 0.15) is 48.0 Å². The third kappa shape index (κ3) is 10.7. The zero-order valence-electron chi connectivity index (χ0n) is 22.8. The molecule has 2 amide bonds. The Bertz CT molecular complexity index is 1440. The van der Waals surface area contributed by atoms with Crippen LogP contribution in [0.15, 0.2) is 41.8 Å². The first kappa shape index (κ1) is 32.6. The molecule has 0 saturated heterocycles. The molecule has 0 spiro atoms. The van der Waals surface area contributed by atoms with Crippen molar-refractivity contribution in [2.45, 2.75) is 57.7 Å². The molecule has 1 aliphatic rings. The molecular formula is C26H26F4N8O4S2. The van der Waals surface area contributed by atoms with Crippen LogP contribution < -0.4 is 25.5 Å². The van der Waals surface area contributed by atoms with Crippen LogP contribution in [0.25, 0.3) is 0 Å². The van der Waals surface area contributed by atoms with E-state index in [0.29, 0.717) is 16.5 Å². The number of ether oxygens (including phenoxy) is 2. The lowest BCUT2D eigenvalue weighted by Gasteiger charge is -2.24. The van der Waals surface area contributed by atoms with E-state index in [1.165, 1.54) is 35.6 Å². The predicted octanol–water partition coefficient (Wildman–Crippen LogP) is 4.21. The van der Waals surface area contributed by atoms with Gasteiger partial charge in [0.05, 0.1) is 25.2 Å². The number of alkyl halides is 4. The number of hydrogen-bond donors (Lipinski definition) is 3. The maximum atomic E-state index is 12.4. The molecule has 234 valence electrons. The zero-order valence-corrected chi connectivity index (χ0v) is 24.4. The van der Waals surface area contributed by atoms with Crippen LogP contribution in [-0.2, 0) is 22.4 Å². The lowest BCUT2D eigenvalue weighted by Crippen LogP contribution is -2.38. The molecule has 1 fully saturated rings. The predicted molar refractivity (Wildman–Crippen MR) is 155 cm³/mol. The highest BCUT2D eigenvalue weighted by Gasteiger charge is 2.25. The number of nitrogens with zero attached hydrogens (tertiary/aromatic N) is 5.